The molecule has 0 radical (unpaired) electrons. The Morgan fingerprint density at radius 2 is 2.29 bits per heavy atom. The second-order valence-electron chi connectivity index (χ2n) is 5.61. The van der Waals surface area contributed by atoms with Crippen molar-refractivity contribution in [2.24, 2.45) is 4.99 Å². The van der Waals surface area contributed by atoms with Crippen molar-refractivity contribution >= 4 is 46.0 Å². The molecule has 1 aromatic carbocycles. The van der Waals surface area contributed by atoms with E-state index in [9.17, 15) is 9.59 Å². The summed E-state index contributed by atoms with van der Waals surface area (Å²) < 4.78 is 5.50. The lowest BCUT2D eigenvalue weighted by atomic mass is 10.2. The first kappa shape index (κ1) is 17.3. The molecule has 24 heavy (non-hydrogen) atoms. The number of anilines is 1. The molecule has 2 aliphatic heterocycles. The normalized spacial score (nSPS) is 25.0. The van der Waals surface area contributed by atoms with E-state index in [1.54, 1.807) is 24.3 Å². The number of benzene rings is 1. The highest BCUT2D eigenvalue weighted by molar-refractivity contribution is 8.15. The highest BCUT2D eigenvalue weighted by Crippen LogP contribution is 2.25. The van der Waals surface area contributed by atoms with Crippen molar-refractivity contribution in [1.29, 1.82) is 0 Å². The van der Waals surface area contributed by atoms with Gasteiger partial charge in [0.15, 0.2) is 5.17 Å². The number of aliphatic imine (C=N–C) groups is 1. The van der Waals surface area contributed by atoms with Gasteiger partial charge in [0.1, 0.15) is 5.25 Å². The molecule has 0 aliphatic carbocycles. The molecule has 2 amide bonds. The maximum Gasteiger partial charge on any atom is 0.240 e. The van der Waals surface area contributed by atoms with Crippen molar-refractivity contribution in [3.05, 3.63) is 29.3 Å². The summed E-state index contributed by atoms with van der Waals surface area (Å²) in [6.07, 6.45) is 2.26. The van der Waals surface area contributed by atoms with Crippen molar-refractivity contribution in [2.75, 3.05) is 18.5 Å². The van der Waals surface area contributed by atoms with Crippen LogP contribution in [0.15, 0.2) is 29.3 Å². The van der Waals surface area contributed by atoms with Crippen molar-refractivity contribution in [3.8, 4) is 0 Å². The van der Waals surface area contributed by atoms with Crippen LogP contribution >= 0.6 is 23.4 Å². The molecule has 0 bridgehead atoms. The van der Waals surface area contributed by atoms with Gasteiger partial charge in [0.25, 0.3) is 0 Å². The van der Waals surface area contributed by atoms with Gasteiger partial charge in [0, 0.05) is 13.0 Å². The summed E-state index contributed by atoms with van der Waals surface area (Å²) in [7, 11) is 0. The Kier molecular flexibility index (Phi) is 5.76. The molecule has 2 heterocycles. The summed E-state index contributed by atoms with van der Waals surface area (Å²) in [6, 6.07) is 6.99. The van der Waals surface area contributed by atoms with Crippen LogP contribution in [0.25, 0.3) is 0 Å². The minimum absolute atomic E-state index is 0.0701. The van der Waals surface area contributed by atoms with Gasteiger partial charge in [0.05, 0.1) is 23.4 Å². The van der Waals surface area contributed by atoms with Crippen molar-refractivity contribution in [2.45, 2.75) is 30.6 Å². The van der Waals surface area contributed by atoms with Gasteiger partial charge in [-0.25, -0.2) is 0 Å². The number of para-hydroxylation sites is 1. The fourth-order valence-electron chi connectivity index (χ4n) is 2.52. The molecule has 1 aromatic rings. The number of ether oxygens (including phenoxy) is 1. The molecule has 0 saturated carbocycles. The Morgan fingerprint density at radius 1 is 1.46 bits per heavy atom. The zero-order valence-electron chi connectivity index (χ0n) is 13.0. The number of hydrogen-bond acceptors (Lipinski definition) is 5. The van der Waals surface area contributed by atoms with Crippen LogP contribution in [-0.4, -0.2) is 41.5 Å². The van der Waals surface area contributed by atoms with Crippen LogP contribution in [-0.2, 0) is 14.3 Å². The van der Waals surface area contributed by atoms with Crippen LogP contribution in [0, 0.1) is 0 Å². The number of nitrogens with one attached hydrogen (secondary N) is 2. The van der Waals surface area contributed by atoms with Crippen molar-refractivity contribution < 1.29 is 14.3 Å². The van der Waals surface area contributed by atoms with E-state index >= 15 is 0 Å². The van der Waals surface area contributed by atoms with Gasteiger partial charge in [0.2, 0.25) is 11.8 Å². The standard InChI is InChI=1S/C16H18ClN3O3S/c17-11-5-1-2-6-12(11)19-14(21)8-13-15(22)20-16(24-13)18-9-10-4-3-7-23-10/h1-2,5-6,10,13H,3-4,7-9H2,(H,19,21)(H,18,20,22)/t10-,13+/m0/s1. The number of amidine groups is 1. The predicted molar refractivity (Wildman–Crippen MR) is 95.5 cm³/mol. The van der Waals surface area contributed by atoms with Gasteiger partial charge in [-0.05, 0) is 25.0 Å². The fraction of sp³-hybridized carbons (Fsp3) is 0.438. The first-order chi connectivity index (χ1) is 11.6. The van der Waals surface area contributed by atoms with Gasteiger partial charge < -0.3 is 15.4 Å². The summed E-state index contributed by atoms with van der Waals surface area (Å²) in [6.45, 7) is 1.32. The second-order valence-corrected chi connectivity index (χ2v) is 7.21. The van der Waals surface area contributed by atoms with Gasteiger partial charge in [-0.2, -0.15) is 0 Å². The predicted octanol–water partition coefficient (Wildman–Crippen LogP) is 2.44. The third-order valence-corrected chi connectivity index (χ3v) is 5.21. The van der Waals surface area contributed by atoms with Gasteiger partial charge >= 0.3 is 0 Å². The molecule has 0 aromatic heterocycles. The van der Waals surface area contributed by atoms with Crippen LogP contribution in [0.2, 0.25) is 5.02 Å². The zero-order valence-corrected chi connectivity index (χ0v) is 14.5. The number of carbonyl (C=O) groups excluding carboxylic acids is 2. The SMILES string of the molecule is O=C(C[C@H]1SC(=NC[C@@H]2CCCO2)NC1=O)Nc1ccccc1Cl. The Hall–Kier alpha value is -1.57. The highest BCUT2D eigenvalue weighted by Gasteiger charge is 2.32. The Balaban J connectivity index is 1.51. The Labute approximate surface area is 149 Å². The van der Waals surface area contributed by atoms with E-state index in [1.165, 1.54) is 11.8 Å². The topological polar surface area (TPSA) is 79.8 Å². The summed E-state index contributed by atoms with van der Waals surface area (Å²) in [5.74, 6) is -0.448. The molecule has 0 spiro atoms. The number of thioether (sulfide) groups is 1. The summed E-state index contributed by atoms with van der Waals surface area (Å²) >= 11 is 7.30. The number of amides is 2. The van der Waals surface area contributed by atoms with E-state index in [2.05, 4.69) is 15.6 Å². The molecule has 3 rings (SSSR count). The van der Waals surface area contributed by atoms with Crippen LogP contribution in [0.3, 0.4) is 0 Å². The van der Waals surface area contributed by atoms with E-state index in [0.29, 0.717) is 22.4 Å². The van der Waals surface area contributed by atoms with Gasteiger partial charge in [-0.3, -0.25) is 14.6 Å². The van der Waals surface area contributed by atoms with Crippen molar-refractivity contribution in [3.63, 3.8) is 0 Å². The van der Waals surface area contributed by atoms with E-state index in [0.717, 1.165) is 19.4 Å². The van der Waals surface area contributed by atoms with Gasteiger partial charge in [-0.15, -0.1) is 0 Å². The van der Waals surface area contributed by atoms with Gasteiger partial charge in [-0.1, -0.05) is 35.5 Å². The summed E-state index contributed by atoms with van der Waals surface area (Å²) in [5.41, 5.74) is 0.542. The Morgan fingerprint density at radius 3 is 3.04 bits per heavy atom. The lowest BCUT2D eigenvalue weighted by Gasteiger charge is -2.08. The molecule has 2 N–H and O–H groups in total. The lowest BCUT2D eigenvalue weighted by Crippen LogP contribution is -2.28. The molecule has 8 heteroatoms. The molecular formula is C16H18ClN3O3S. The average Bonchev–Trinajstić information content (AvgIpc) is 3.18. The number of carbonyl (C=O) groups is 2. The third kappa shape index (κ3) is 4.49. The second kappa shape index (κ2) is 8.00. The number of nitrogens with zero attached hydrogens (tertiary/aromatic N) is 1. The van der Waals surface area contributed by atoms with Crippen molar-refractivity contribution in [1.82, 2.24) is 5.32 Å². The molecule has 2 fully saturated rings. The van der Waals surface area contributed by atoms with E-state index in [-0.39, 0.29) is 24.3 Å². The molecule has 0 unspecified atom stereocenters. The smallest absolute Gasteiger partial charge is 0.240 e. The van der Waals surface area contributed by atoms with Crippen LogP contribution in [0.5, 0.6) is 0 Å². The fourth-order valence-corrected chi connectivity index (χ4v) is 3.68. The molecule has 6 nitrogen and oxygen atoms in total. The number of halogens is 1. The first-order valence-corrected chi connectivity index (χ1v) is 9.05. The third-order valence-electron chi connectivity index (χ3n) is 3.76. The summed E-state index contributed by atoms with van der Waals surface area (Å²) in [5, 5.41) is 6.00. The maximum atomic E-state index is 12.1. The Bertz CT molecular complexity index is 662. The molecule has 128 valence electrons. The van der Waals surface area contributed by atoms with E-state index < -0.39 is 5.25 Å². The summed E-state index contributed by atoms with van der Waals surface area (Å²) in [4.78, 5) is 28.5. The minimum Gasteiger partial charge on any atom is -0.376 e. The monoisotopic (exact) mass is 367 g/mol. The van der Waals surface area contributed by atoms with Crippen LogP contribution in [0.1, 0.15) is 19.3 Å². The molecule has 2 atom stereocenters. The number of rotatable bonds is 5. The quantitative estimate of drug-likeness (QED) is 0.837. The lowest BCUT2D eigenvalue weighted by molar-refractivity contribution is -0.122. The van der Waals surface area contributed by atoms with Crippen LogP contribution in [0.4, 0.5) is 5.69 Å². The highest BCUT2D eigenvalue weighted by atomic mass is 35.5. The largest absolute Gasteiger partial charge is 0.376 e. The van der Waals surface area contributed by atoms with E-state index in [4.69, 9.17) is 16.3 Å². The number of hydrogen-bond donors (Lipinski definition) is 2. The first-order valence-electron chi connectivity index (χ1n) is 7.80. The maximum absolute atomic E-state index is 12.1. The minimum atomic E-state index is -0.476. The average molecular weight is 368 g/mol. The van der Waals surface area contributed by atoms with E-state index in [1.807, 2.05) is 0 Å². The van der Waals surface area contributed by atoms with Crippen LogP contribution < -0.4 is 10.6 Å². The molecular weight excluding hydrogens is 350 g/mol. The molecule has 2 aliphatic rings. The molecule has 2 saturated heterocycles. The zero-order chi connectivity index (χ0) is 16.9.